The van der Waals surface area contributed by atoms with Crippen molar-refractivity contribution in [1.82, 2.24) is 14.7 Å². The second kappa shape index (κ2) is 9.92. The molecule has 148 valence electrons. The fraction of sp³-hybridized carbons (Fsp3) is 0.421. The first-order valence-electron chi connectivity index (χ1n) is 9.18. The van der Waals surface area contributed by atoms with E-state index in [0.29, 0.717) is 11.7 Å². The Bertz CT molecular complexity index is 735. The highest BCUT2D eigenvalue weighted by Gasteiger charge is 2.23. The average molecular weight is 502 g/mol. The highest BCUT2D eigenvalue weighted by atomic mass is 127. The predicted molar refractivity (Wildman–Crippen MR) is 123 cm³/mol. The van der Waals surface area contributed by atoms with Gasteiger partial charge in [0.1, 0.15) is 0 Å². The number of anilines is 1. The first-order chi connectivity index (χ1) is 13.1. The molecule has 0 aliphatic heterocycles. The van der Waals surface area contributed by atoms with Crippen LogP contribution in [-0.4, -0.2) is 34.9 Å². The molecule has 0 radical (unpaired) electrons. The second-order valence-electron chi connectivity index (χ2n) is 6.68. The molecule has 0 unspecified atom stereocenters. The van der Waals surface area contributed by atoms with Gasteiger partial charge in [0, 0.05) is 17.4 Å². The number of halogens is 1. The van der Waals surface area contributed by atoms with Crippen molar-refractivity contribution in [3.63, 3.8) is 0 Å². The van der Waals surface area contributed by atoms with Gasteiger partial charge < -0.3 is 3.53 Å². The van der Waals surface area contributed by atoms with Gasteiger partial charge in [-0.3, -0.25) is 9.11 Å². The molecule has 27 heavy (non-hydrogen) atoms. The van der Waals surface area contributed by atoms with E-state index in [2.05, 4.69) is 22.2 Å². The minimum atomic E-state index is -2.59. The summed E-state index contributed by atoms with van der Waals surface area (Å²) >= 11 is -0.258. The van der Waals surface area contributed by atoms with E-state index in [0.717, 1.165) is 42.8 Å². The van der Waals surface area contributed by atoms with Crippen LogP contribution >= 0.6 is 31.8 Å². The standard InChI is InChI=1S/C19H27IN4O2S/c1-2-27(25,26)24-17-10-8-15(9-11-17)12-20-23-18-13-21-19(22-14-18)16-6-4-3-5-7-16/h3-7,12-15,17,23-26H,2,8-11H2,1H3. The maximum atomic E-state index is 9.80. The Balaban J connectivity index is 1.45. The zero-order valence-corrected chi connectivity index (χ0v) is 18.4. The molecule has 1 aliphatic rings. The van der Waals surface area contributed by atoms with Gasteiger partial charge in [0.15, 0.2) is 5.82 Å². The molecule has 2 aromatic rings. The van der Waals surface area contributed by atoms with Crippen LogP contribution in [-0.2, 0) is 0 Å². The van der Waals surface area contributed by atoms with E-state index >= 15 is 0 Å². The lowest BCUT2D eigenvalue weighted by atomic mass is 9.88. The minimum absolute atomic E-state index is 0.227. The molecule has 1 heterocycles. The van der Waals surface area contributed by atoms with Crippen molar-refractivity contribution in [3.8, 4) is 11.4 Å². The van der Waals surface area contributed by atoms with Crippen LogP contribution in [0.15, 0.2) is 42.7 Å². The molecule has 3 rings (SSSR count). The van der Waals surface area contributed by atoms with Crippen LogP contribution in [0.1, 0.15) is 32.6 Å². The first kappa shape index (κ1) is 20.7. The van der Waals surface area contributed by atoms with E-state index in [1.54, 1.807) is 6.92 Å². The molecule has 1 saturated carbocycles. The van der Waals surface area contributed by atoms with Crippen LogP contribution in [0.25, 0.3) is 11.4 Å². The molecule has 1 aromatic heterocycles. The first-order valence-corrected chi connectivity index (χ1v) is 13.2. The number of nitrogens with one attached hydrogen (secondary N) is 2. The maximum absolute atomic E-state index is 9.80. The number of hydrogen-bond acceptors (Lipinski definition) is 6. The van der Waals surface area contributed by atoms with E-state index in [1.807, 2.05) is 42.7 Å². The van der Waals surface area contributed by atoms with Crippen LogP contribution in [0.2, 0.25) is 0 Å². The van der Waals surface area contributed by atoms with Gasteiger partial charge in [-0.1, -0.05) is 30.3 Å². The number of aromatic nitrogens is 2. The summed E-state index contributed by atoms with van der Waals surface area (Å²) < 4.78 is 28.5. The summed E-state index contributed by atoms with van der Waals surface area (Å²) in [6, 6.07) is 10.2. The third kappa shape index (κ3) is 6.49. The average Bonchev–Trinajstić information content (AvgIpc) is 2.70. The summed E-state index contributed by atoms with van der Waals surface area (Å²) in [6.45, 7) is 1.80. The lowest BCUT2D eigenvalue weighted by molar-refractivity contribution is 0.360. The molecule has 0 saturated heterocycles. The van der Waals surface area contributed by atoms with Gasteiger partial charge in [-0.25, -0.2) is 14.7 Å². The molecule has 6 nitrogen and oxygen atoms in total. The van der Waals surface area contributed by atoms with Crippen molar-refractivity contribution >= 4 is 41.5 Å². The van der Waals surface area contributed by atoms with E-state index in [4.69, 9.17) is 0 Å². The number of rotatable bonds is 7. The molecule has 0 amide bonds. The summed E-state index contributed by atoms with van der Waals surface area (Å²) in [5, 5.41) is 0. The van der Waals surface area contributed by atoms with E-state index in [9.17, 15) is 9.11 Å². The third-order valence-electron chi connectivity index (χ3n) is 4.62. The van der Waals surface area contributed by atoms with Crippen molar-refractivity contribution in [1.29, 1.82) is 0 Å². The third-order valence-corrected chi connectivity index (χ3v) is 8.45. The topological polar surface area (TPSA) is 90.3 Å². The Morgan fingerprint density at radius 1 is 1.11 bits per heavy atom. The van der Waals surface area contributed by atoms with Gasteiger partial charge in [0.05, 0.1) is 18.1 Å². The summed E-state index contributed by atoms with van der Waals surface area (Å²) in [7, 11) is -2.59. The largest absolute Gasteiger partial charge is 0.331 e. The van der Waals surface area contributed by atoms with Gasteiger partial charge in [-0.2, -0.15) is 0 Å². The van der Waals surface area contributed by atoms with Gasteiger partial charge in [0.2, 0.25) is 0 Å². The van der Waals surface area contributed by atoms with Crippen molar-refractivity contribution in [3.05, 3.63) is 42.7 Å². The van der Waals surface area contributed by atoms with Crippen LogP contribution in [0, 0.1) is 5.92 Å². The number of nitrogens with zero attached hydrogens (tertiary/aromatic N) is 2. The number of hydrogen-bond donors (Lipinski definition) is 4. The van der Waals surface area contributed by atoms with Crippen LogP contribution in [0.4, 0.5) is 5.69 Å². The predicted octanol–water partition coefficient (Wildman–Crippen LogP) is 5.08. The molecule has 0 spiro atoms. The van der Waals surface area contributed by atoms with E-state index in [-0.39, 0.29) is 27.0 Å². The van der Waals surface area contributed by atoms with Crippen LogP contribution in [0.5, 0.6) is 0 Å². The highest BCUT2D eigenvalue weighted by Crippen LogP contribution is 2.36. The normalized spacial score (nSPS) is 21.6. The molecular weight excluding hydrogens is 475 g/mol. The number of benzene rings is 1. The SMILES string of the molecule is CCS(O)(O)NC1CCC(C=INc2cnc(-c3ccccc3)nc2)CC1. The molecule has 0 bridgehead atoms. The monoisotopic (exact) mass is 502 g/mol. The summed E-state index contributed by atoms with van der Waals surface area (Å²) in [5.41, 5.74) is 1.99. The van der Waals surface area contributed by atoms with Crippen molar-refractivity contribution < 1.29 is 9.11 Å². The van der Waals surface area contributed by atoms with Gasteiger partial charge in [0.25, 0.3) is 0 Å². The Labute approximate surface area is 172 Å². The van der Waals surface area contributed by atoms with Gasteiger partial charge >= 0.3 is 0 Å². The van der Waals surface area contributed by atoms with E-state index in [1.165, 1.54) is 0 Å². The van der Waals surface area contributed by atoms with Crippen molar-refractivity contribution in [2.75, 3.05) is 9.28 Å². The van der Waals surface area contributed by atoms with Gasteiger partial charge in [-0.15, -0.1) is 10.8 Å². The van der Waals surface area contributed by atoms with Crippen LogP contribution in [0.3, 0.4) is 0 Å². The zero-order chi connectivity index (χ0) is 19.1. The Hall–Kier alpha value is -1.07. The Morgan fingerprint density at radius 2 is 1.78 bits per heavy atom. The zero-order valence-electron chi connectivity index (χ0n) is 15.4. The molecule has 1 aromatic carbocycles. The van der Waals surface area contributed by atoms with E-state index < -0.39 is 10.8 Å². The van der Waals surface area contributed by atoms with Crippen molar-refractivity contribution in [2.45, 2.75) is 38.6 Å². The smallest absolute Gasteiger partial charge is 0.159 e. The minimum Gasteiger partial charge on any atom is -0.331 e. The van der Waals surface area contributed by atoms with Gasteiger partial charge in [-0.05, 0) is 63.5 Å². The summed E-state index contributed by atoms with van der Waals surface area (Å²) in [4.78, 5) is 8.89. The summed E-state index contributed by atoms with van der Waals surface area (Å²) in [6.07, 6.45) is 7.88. The second-order valence-corrected chi connectivity index (χ2v) is 10.7. The lowest BCUT2D eigenvalue weighted by Crippen LogP contribution is -2.36. The molecule has 4 N–H and O–H groups in total. The maximum Gasteiger partial charge on any atom is 0.159 e. The molecule has 1 aliphatic carbocycles. The fourth-order valence-electron chi connectivity index (χ4n) is 3.01. The Morgan fingerprint density at radius 3 is 2.41 bits per heavy atom. The molecular formula is C19H27IN4O2S. The lowest BCUT2D eigenvalue weighted by Gasteiger charge is -2.38. The summed E-state index contributed by atoms with van der Waals surface area (Å²) in [5.74, 6) is 1.73. The molecule has 1 fully saturated rings. The highest BCUT2D eigenvalue weighted by molar-refractivity contribution is 14.2. The molecule has 0 atom stereocenters. The van der Waals surface area contributed by atoms with Crippen molar-refractivity contribution in [2.24, 2.45) is 5.92 Å². The fourth-order valence-corrected chi connectivity index (χ4v) is 5.99. The molecule has 8 heteroatoms. The quantitative estimate of drug-likeness (QED) is 0.312. The Kier molecular flexibility index (Phi) is 7.59. The van der Waals surface area contributed by atoms with Crippen LogP contribution < -0.4 is 8.25 Å².